The summed E-state index contributed by atoms with van der Waals surface area (Å²) in [4.78, 5) is 10.4. The van der Waals surface area contributed by atoms with E-state index in [1.807, 2.05) is 0 Å². The van der Waals surface area contributed by atoms with Crippen LogP contribution in [0.4, 0.5) is 8.78 Å². The van der Waals surface area contributed by atoms with Crippen LogP contribution in [0.2, 0.25) is 0 Å². The predicted octanol–water partition coefficient (Wildman–Crippen LogP) is 1.85. The SMILES string of the molecule is Cn1cccc1C(CC(=O)O)C(F)F. The second-order valence-corrected chi connectivity index (χ2v) is 3.08. The summed E-state index contributed by atoms with van der Waals surface area (Å²) in [5.74, 6) is -2.44. The van der Waals surface area contributed by atoms with Crippen molar-refractivity contribution in [1.82, 2.24) is 4.57 Å². The molecule has 5 heteroatoms. The third kappa shape index (κ3) is 2.31. The molecular weight excluding hydrogens is 192 g/mol. The molecule has 1 aromatic rings. The highest BCUT2D eigenvalue weighted by Gasteiger charge is 2.26. The maximum Gasteiger partial charge on any atom is 0.304 e. The van der Waals surface area contributed by atoms with Crippen LogP contribution in [-0.2, 0) is 11.8 Å². The monoisotopic (exact) mass is 203 g/mol. The van der Waals surface area contributed by atoms with E-state index >= 15 is 0 Å². The summed E-state index contributed by atoms with van der Waals surface area (Å²) >= 11 is 0. The van der Waals surface area contributed by atoms with Gasteiger partial charge in [0.05, 0.1) is 12.3 Å². The molecular formula is C9H11F2NO2. The number of aryl methyl sites for hydroxylation is 1. The minimum Gasteiger partial charge on any atom is -0.481 e. The summed E-state index contributed by atoms with van der Waals surface area (Å²) in [6.45, 7) is 0. The summed E-state index contributed by atoms with van der Waals surface area (Å²) in [5.41, 5.74) is 0.349. The highest BCUT2D eigenvalue weighted by molar-refractivity contribution is 5.68. The summed E-state index contributed by atoms with van der Waals surface area (Å²) in [7, 11) is 1.62. The van der Waals surface area contributed by atoms with E-state index in [2.05, 4.69) is 0 Å². The van der Waals surface area contributed by atoms with Crippen LogP contribution in [0.5, 0.6) is 0 Å². The van der Waals surface area contributed by atoms with E-state index in [9.17, 15) is 13.6 Å². The number of carbonyl (C=O) groups is 1. The zero-order chi connectivity index (χ0) is 10.7. The molecule has 0 aromatic carbocycles. The second-order valence-electron chi connectivity index (χ2n) is 3.08. The van der Waals surface area contributed by atoms with Gasteiger partial charge in [0, 0.05) is 18.9 Å². The Bertz CT molecular complexity index is 322. The van der Waals surface area contributed by atoms with Gasteiger partial charge in [-0.05, 0) is 12.1 Å². The average Bonchev–Trinajstić information content (AvgIpc) is 2.46. The van der Waals surface area contributed by atoms with E-state index in [4.69, 9.17) is 5.11 Å². The van der Waals surface area contributed by atoms with Gasteiger partial charge in [-0.15, -0.1) is 0 Å². The third-order valence-electron chi connectivity index (χ3n) is 2.06. The number of aliphatic carboxylic acids is 1. The van der Waals surface area contributed by atoms with Crippen LogP contribution in [0.3, 0.4) is 0 Å². The van der Waals surface area contributed by atoms with Crippen molar-refractivity contribution >= 4 is 5.97 Å². The predicted molar refractivity (Wildman–Crippen MR) is 46.4 cm³/mol. The third-order valence-corrected chi connectivity index (χ3v) is 2.06. The van der Waals surface area contributed by atoms with Crippen LogP contribution in [0, 0.1) is 0 Å². The lowest BCUT2D eigenvalue weighted by atomic mass is 10.0. The zero-order valence-corrected chi connectivity index (χ0v) is 7.65. The Hall–Kier alpha value is -1.39. The number of carboxylic acid groups (broad SMARTS) is 1. The van der Waals surface area contributed by atoms with Crippen molar-refractivity contribution in [2.45, 2.75) is 18.8 Å². The van der Waals surface area contributed by atoms with Gasteiger partial charge in [0.15, 0.2) is 0 Å². The molecule has 0 aliphatic rings. The van der Waals surface area contributed by atoms with Gasteiger partial charge in [0.2, 0.25) is 6.43 Å². The average molecular weight is 203 g/mol. The first-order chi connectivity index (χ1) is 6.52. The van der Waals surface area contributed by atoms with Crippen LogP contribution in [-0.4, -0.2) is 22.1 Å². The van der Waals surface area contributed by atoms with E-state index in [0.717, 1.165) is 0 Å². The summed E-state index contributed by atoms with van der Waals surface area (Å²) < 4.78 is 26.6. The molecule has 0 saturated carbocycles. The van der Waals surface area contributed by atoms with Crippen LogP contribution >= 0.6 is 0 Å². The van der Waals surface area contributed by atoms with Gasteiger partial charge in [-0.2, -0.15) is 0 Å². The Morgan fingerprint density at radius 1 is 1.64 bits per heavy atom. The van der Waals surface area contributed by atoms with Gasteiger partial charge < -0.3 is 9.67 Å². The minimum atomic E-state index is -2.65. The van der Waals surface area contributed by atoms with E-state index in [-0.39, 0.29) is 0 Å². The van der Waals surface area contributed by atoms with Gasteiger partial charge in [-0.25, -0.2) is 8.78 Å². The smallest absolute Gasteiger partial charge is 0.304 e. The molecule has 1 heterocycles. The number of halogens is 2. The van der Waals surface area contributed by atoms with Crippen LogP contribution in [0.25, 0.3) is 0 Å². The number of hydrogen-bond donors (Lipinski definition) is 1. The number of aromatic nitrogens is 1. The normalized spacial score (nSPS) is 13.1. The molecule has 0 aliphatic carbocycles. The van der Waals surface area contributed by atoms with Crippen molar-refractivity contribution in [2.24, 2.45) is 7.05 Å². The molecule has 0 amide bonds. The Kier molecular flexibility index (Phi) is 3.22. The molecule has 1 rings (SSSR count). The quantitative estimate of drug-likeness (QED) is 0.811. The molecule has 1 N–H and O–H groups in total. The van der Waals surface area contributed by atoms with Crippen molar-refractivity contribution in [3.8, 4) is 0 Å². The van der Waals surface area contributed by atoms with Crippen molar-refractivity contribution in [1.29, 1.82) is 0 Å². The first-order valence-electron chi connectivity index (χ1n) is 4.13. The first kappa shape index (κ1) is 10.7. The first-order valence-corrected chi connectivity index (χ1v) is 4.13. The lowest BCUT2D eigenvalue weighted by molar-refractivity contribution is -0.138. The van der Waals surface area contributed by atoms with Crippen molar-refractivity contribution in [3.63, 3.8) is 0 Å². The van der Waals surface area contributed by atoms with Gasteiger partial charge in [0.1, 0.15) is 0 Å². The maximum absolute atomic E-state index is 12.5. The Balaban J connectivity index is 2.88. The van der Waals surface area contributed by atoms with E-state index < -0.39 is 24.7 Å². The van der Waals surface area contributed by atoms with E-state index in [0.29, 0.717) is 5.69 Å². The van der Waals surface area contributed by atoms with Gasteiger partial charge in [-0.1, -0.05) is 0 Å². The molecule has 0 aliphatic heterocycles. The Labute approximate surface area is 80.0 Å². The van der Waals surface area contributed by atoms with Gasteiger partial charge in [0.25, 0.3) is 0 Å². The van der Waals surface area contributed by atoms with Crippen molar-refractivity contribution in [3.05, 3.63) is 24.0 Å². The van der Waals surface area contributed by atoms with Crippen molar-refractivity contribution < 1.29 is 18.7 Å². The topological polar surface area (TPSA) is 42.2 Å². The molecule has 1 aromatic heterocycles. The molecule has 14 heavy (non-hydrogen) atoms. The lowest BCUT2D eigenvalue weighted by Gasteiger charge is -2.14. The molecule has 1 atom stereocenters. The molecule has 0 fully saturated rings. The van der Waals surface area contributed by atoms with E-state index in [1.165, 1.54) is 10.6 Å². The largest absolute Gasteiger partial charge is 0.481 e. The highest BCUT2D eigenvalue weighted by Crippen LogP contribution is 2.26. The molecule has 0 spiro atoms. The van der Waals surface area contributed by atoms with Gasteiger partial charge >= 0.3 is 5.97 Å². The molecule has 1 unspecified atom stereocenters. The zero-order valence-electron chi connectivity index (χ0n) is 7.65. The van der Waals surface area contributed by atoms with Crippen molar-refractivity contribution in [2.75, 3.05) is 0 Å². The lowest BCUT2D eigenvalue weighted by Crippen LogP contribution is -2.16. The van der Waals surface area contributed by atoms with Crippen LogP contribution < -0.4 is 0 Å². The van der Waals surface area contributed by atoms with Crippen LogP contribution in [0.1, 0.15) is 18.0 Å². The number of carboxylic acids is 1. The fourth-order valence-electron chi connectivity index (χ4n) is 1.37. The summed E-state index contributed by atoms with van der Waals surface area (Å²) in [6.07, 6.45) is -1.58. The summed E-state index contributed by atoms with van der Waals surface area (Å²) in [6, 6.07) is 3.13. The van der Waals surface area contributed by atoms with Gasteiger partial charge in [-0.3, -0.25) is 4.79 Å². The second kappa shape index (κ2) is 4.21. The molecule has 78 valence electrons. The fraction of sp³-hybridized carbons (Fsp3) is 0.444. The standard InChI is InChI=1S/C9H11F2NO2/c1-12-4-2-3-7(12)6(9(10)11)5-8(13)14/h2-4,6,9H,5H2,1H3,(H,13,14). The van der Waals surface area contributed by atoms with Crippen LogP contribution in [0.15, 0.2) is 18.3 Å². The number of alkyl halides is 2. The Morgan fingerprint density at radius 3 is 2.64 bits per heavy atom. The van der Waals surface area contributed by atoms with E-state index in [1.54, 1.807) is 19.3 Å². The summed E-state index contributed by atoms with van der Waals surface area (Å²) in [5, 5.41) is 8.48. The number of rotatable bonds is 4. The molecule has 0 saturated heterocycles. The fourth-order valence-corrected chi connectivity index (χ4v) is 1.37. The molecule has 0 radical (unpaired) electrons. The highest BCUT2D eigenvalue weighted by atomic mass is 19.3. The molecule has 3 nitrogen and oxygen atoms in total. The number of nitrogens with zero attached hydrogens (tertiary/aromatic N) is 1. The minimum absolute atomic E-state index is 0.349. The maximum atomic E-state index is 12.5. The Morgan fingerprint density at radius 2 is 2.29 bits per heavy atom. The molecule has 0 bridgehead atoms. The number of hydrogen-bond acceptors (Lipinski definition) is 1.